The van der Waals surface area contributed by atoms with E-state index >= 15 is 0 Å². The molecule has 22 heavy (non-hydrogen) atoms. The van der Waals surface area contributed by atoms with Gasteiger partial charge in [0.2, 0.25) is 0 Å². The Balaban J connectivity index is 2.15. The Kier molecular flexibility index (Phi) is 4.98. The summed E-state index contributed by atoms with van der Waals surface area (Å²) < 4.78 is 6.21. The second kappa shape index (κ2) is 6.16. The molecule has 0 radical (unpaired) electrons. The third kappa shape index (κ3) is 3.67. The van der Waals surface area contributed by atoms with Crippen molar-refractivity contribution in [2.75, 3.05) is 19.5 Å². The van der Waals surface area contributed by atoms with Gasteiger partial charge in [-0.05, 0) is 38.9 Å². The van der Waals surface area contributed by atoms with Crippen molar-refractivity contribution in [1.82, 2.24) is 4.90 Å². The van der Waals surface area contributed by atoms with Gasteiger partial charge in [-0.15, -0.1) is 13.2 Å². The van der Waals surface area contributed by atoms with Crippen LogP contribution in [0.2, 0.25) is 0 Å². The molecule has 0 aromatic rings. The van der Waals surface area contributed by atoms with Gasteiger partial charge in [-0.1, -0.05) is 22.5 Å². The first-order valence-corrected chi connectivity index (χ1v) is 11.2. The van der Waals surface area contributed by atoms with Crippen molar-refractivity contribution in [3.8, 4) is 0 Å². The first kappa shape index (κ1) is 17.8. The molecule has 0 aromatic carbocycles. The fourth-order valence-corrected chi connectivity index (χ4v) is 4.53. The standard InChI is InChI=1S/C15H25BrN3O2P/c1-10-18-11(17)6-8-19(10)14-12(16)13(20)15(2,21-14)7-9-22(3,4)5/h6,8,12-14,20H,1,3,7,9H2,2,4-5H3,(H2,17,18)/t12-,13+,14-,15-/m1/s1. The monoisotopic (exact) mass is 389 g/mol. The summed E-state index contributed by atoms with van der Waals surface area (Å²) in [7, 11) is 0. The summed E-state index contributed by atoms with van der Waals surface area (Å²) >= 11 is 3.57. The first-order valence-electron chi connectivity index (χ1n) is 7.20. The van der Waals surface area contributed by atoms with E-state index in [0.717, 1.165) is 12.6 Å². The van der Waals surface area contributed by atoms with E-state index in [1.54, 1.807) is 17.2 Å². The maximum Gasteiger partial charge on any atom is 0.151 e. The summed E-state index contributed by atoms with van der Waals surface area (Å²) in [5, 5.41) is 10.6. The van der Waals surface area contributed by atoms with Crippen LogP contribution in [0, 0.1) is 0 Å². The zero-order valence-corrected chi connectivity index (χ0v) is 15.8. The molecule has 4 atom stereocenters. The van der Waals surface area contributed by atoms with E-state index in [1.807, 2.05) is 6.92 Å². The molecule has 0 spiro atoms. The number of nitrogens with zero attached hydrogens (tertiary/aromatic N) is 2. The molecule has 0 bridgehead atoms. The molecule has 5 nitrogen and oxygen atoms in total. The number of aliphatic hydroxyl groups excluding tert-OH is 1. The second-order valence-corrected chi connectivity index (χ2v) is 12.2. The number of hydrogen-bond donors (Lipinski definition) is 2. The van der Waals surface area contributed by atoms with Crippen LogP contribution in [0.1, 0.15) is 13.3 Å². The minimum Gasteiger partial charge on any atom is -0.389 e. The normalized spacial score (nSPS) is 35.9. The van der Waals surface area contributed by atoms with Gasteiger partial charge in [0.25, 0.3) is 0 Å². The lowest BCUT2D eigenvalue weighted by Gasteiger charge is -2.32. The molecule has 1 fully saturated rings. The largest absolute Gasteiger partial charge is 0.389 e. The zero-order valence-electron chi connectivity index (χ0n) is 13.4. The van der Waals surface area contributed by atoms with E-state index in [2.05, 4.69) is 47.1 Å². The van der Waals surface area contributed by atoms with Crippen molar-refractivity contribution < 1.29 is 9.84 Å². The molecule has 2 rings (SSSR count). The van der Waals surface area contributed by atoms with E-state index in [9.17, 15) is 5.11 Å². The maximum atomic E-state index is 10.6. The molecule has 0 unspecified atom stereocenters. The quantitative estimate of drug-likeness (QED) is 0.569. The molecule has 2 aliphatic rings. The topological polar surface area (TPSA) is 71.1 Å². The minimum absolute atomic E-state index is 0.236. The van der Waals surface area contributed by atoms with E-state index < -0.39 is 18.6 Å². The molecule has 2 heterocycles. The van der Waals surface area contributed by atoms with Gasteiger partial charge >= 0.3 is 0 Å². The Morgan fingerprint density at radius 3 is 2.77 bits per heavy atom. The fourth-order valence-electron chi connectivity index (χ4n) is 2.56. The third-order valence-electron chi connectivity index (χ3n) is 4.04. The number of aliphatic imine (C=N–C) groups is 1. The predicted octanol–water partition coefficient (Wildman–Crippen LogP) is 1.98. The summed E-state index contributed by atoms with van der Waals surface area (Å²) in [6, 6.07) is 0. The lowest BCUT2D eigenvalue weighted by atomic mass is 9.96. The van der Waals surface area contributed by atoms with Crippen LogP contribution in [0.15, 0.2) is 29.7 Å². The number of hydrogen-bond acceptors (Lipinski definition) is 5. The number of aliphatic hydroxyl groups is 1. The molecule has 124 valence electrons. The van der Waals surface area contributed by atoms with Crippen molar-refractivity contribution >= 4 is 35.0 Å². The molecule has 0 saturated carbocycles. The summed E-state index contributed by atoms with van der Waals surface area (Å²) in [5.41, 5.74) is 5.05. The van der Waals surface area contributed by atoms with Crippen LogP contribution in [0.4, 0.5) is 0 Å². The molecule has 3 N–H and O–H groups in total. The molecular weight excluding hydrogens is 365 g/mol. The maximum absolute atomic E-state index is 10.6. The van der Waals surface area contributed by atoms with Crippen LogP contribution in [-0.4, -0.2) is 64.4 Å². The van der Waals surface area contributed by atoms with E-state index in [4.69, 9.17) is 10.5 Å². The number of rotatable bonds is 4. The Bertz CT molecular complexity index is 571. The molecule has 0 amide bonds. The zero-order chi connectivity index (χ0) is 16.7. The van der Waals surface area contributed by atoms with Gasteiger partial charge in [0.1, 0.15) is 11.7 Å². The highest BCUT2D eigenvalue weighted by molar-refractivity contribution is 9.09. The van der Waals surface area contributed by atoms with Crippen molar-refractivity contribution in [3.63, 3.8) is 0 Å². The number of ether oxygens (including phenoxy) is 1. The molecule has 1 saturated heterocycles. The van der Waals surface area contributed by atoms with Gasteiger partial charge in [0, 0.05) is 6.20 Å². The van der Waals surface area contributed by atoms with Crippen LogP contribution in [0.25, 0.3) is 0 Å². The minimum atomic E-state index is -1.17. The average molecular weight is 390 g/mol. The third-order valence-corrected chi connectivity index (χ3v) is 6.43. The second-order valence-electron chi connectivity index (χ2n) is 6.80. The lowest BCUT2D eigenvalue weighted by Crippen LogP contribution is -2.39. The smallest absolute Gasteiger partial charge is 0.151 e. The summed E-state index contributed by atoms with van der Waals surface area (Å²) in [6.07, 6.45) is 8.47. The molecule has 2 aliphatic heterocycles. The predicted molar refractivity (Wildman–Crippen MR) is 99.1 cm³/mol. The van der Waals surface area contributed by atoms with Crippen LogP contribution >= 0.6 is 22.8 Å². The molecular formula is C15H25BrN3O2P. The lowest BCUT2D eigenvalue weighted by molar-refractivity contribution is -0.100. The van der Waals surface area contributed by atoms with Crippen molar-refractivity contribution in [2.45, 2.75) is 36.1 Å². The first-order chi connectivity index (χ1) is 10.0. The van der Waals surface area contributed by atoms with Gasteiger partial charge in [-0.25, -0.2) is 4.99 Å². The Hall–Kier alpha value is -0.550. The number of alkyl halides is 1. The van der Waals surface area contributed by atoms with E-state index in [-0.39, 0.29) is 11.1 Å². The van der Waals surface area contributed by atoms with Gasteiger partial charge in [-0.3, -0.25) is 0 Å². The summed E-state index contributed by atoms with van der Waals surface area (Å²) in [4.78, 5) is 5.72. The van der Waals surface area contributed by atoms with E-state index in [1.165, 1.54) is 0 Å². The highest BCUT2D eigenvalue weighted by Crippen LogP contribution is 2.44. The Morgan fingerprint density at radius 1 is 1.59 bits per heavy atom. The molecule has 0 aromatic heterocycles. The SMILES string of the molecule is C=C1N=C(N)C=CN1[C@@H]1O[C@](C)(CCP(=C)(C)C)[C@@H](O)[C@H]1Br. The van der Waals surface area contributed by atoms with Crippen LogP contribution in [-0.2, 0) is 4.74 Å². The van der Waals surface area contributed by atoms with Gasteiger partial charge in [-0.2, -0.15) is 0 Å². The highest BCUT2D eigenvalue weighted by Gasteiger charge is 2.52. The van der Waals surface area contributed by atoms with Gasteiger partial charge in [0.05, 0.1) is 16.5 Å². The van der Waals surface area contributed by atoms with Crippen molar-refractivity contribution in [2.24, 2.45) is 10.7 Å². The Labute approximate surface area is 141 Å². The number of nitrogens with two attached hydrogens (primary N) is 1. The van der Waals surface area contributed by atoms with Crippen LogP contribution in [0.5, 0.6) is 0 Å². The summed E-state index contributed by atoms with van der Waals surface area (Å²) in [6.45, 7) is 9.06. The van der Waals surface area contributed by atoms with Crippen LogP contribution in [0.3, 0.4) is 0 Å². The average Bonchev–Trinajstić information content (AvgIpc) is 2.61. The number of amidine groups is 1. The van der Waals surface area contributed by atoms with Gasteiger partial charge in [0.15, 0.2) is 6.23 Å². The number of halogens is 1. The molecule has 7 heteroatoms. The van der Waals surface area contributed by atoms with Crippen molar-refractivity contribution in [3.05, 3.63) is 24.7 Å². The van der Waals surface area contributed by atoms with Gasteiger partial charge < -0.3 is 20.5 Å². The molecule has 0 aliphatic carbocycles. The van der Waals surface area contributed by atoms with Crippen LogP contribution < -0.4 is 5.73 Å². The van der Waals surface area contributed by atoms with Crippen molar-refractivity contribution in [1.29, 1.82) is 0 Å². The summed E-state index contributed by atoms with van der Waals surface area (Å²) in [5.74, 6) is 0.924. The fraction of sp³-hybridized carbons (Fsp3) is 0.600. The highest BCUT2D eigenvalue weighted by atomic mass is 79.9. The Morgan fingerprint density at radius 2 is 2.23 bits per heavy atom. The van der Waals surface area contributed by atoms with E-state index in [0.29, 0.717) is 11.7 Å².